The SMILES string of the molecule is C[C@@H]1Cc2cc(CNS(=O)(=O)N3CCCC3)ccc2O1. The summed E-state index contributed by atoms with van der Waals surface area (Å²) in [6.07, 6.45) is 3.01. The van der Waals surface area contributed by atoms with E-state index in [0.29, 0.717) is 19.6 Å². The lowest BCUT2D eigenvalue weighted by atomic mass is 10.1. The van der Waals surface area contributed by atoms with E-state index in [9.17, 15) is 8.42 Å². The molecule has 0 bridgehead atoms. The largest absolute Gasteiger partial charge is 0.490 e. The Kier molecular flexibility index (Phi) is 3.70. The topological polar surface area (TPSA) is 58.6 Å². The van der Waals surface area contributed by atoms with E-state index in [-0.39, 0.29) is 6.10 Å². The molecule has 0 unspecified atom stereocenters. The zero-order valence-electron chi connectivity index (χ0n) is 11.6. The minimum absolute atomic E-state index is 0.210. The second kappa shape index (κ2) is 5.35. The smallest absolute Gasteiger partial charge is 0.279 e. The molecule has 0 saturated carbocycles. The van der Waals surface area contributed by atoms with Crippen LogP contribution >= 0.6 is 0 Å². The van der Waals surface area contributed by atoms with E-state index in [1.165, 1.54) is 4.31 Å². The van der Waals surface area contributed by atoms with Crippen molar-refractivity contribution in [2.24, 2.45) is 0 Å². The molecule has 2 aliphatic rings. The number of benzene rings is 1. The van der Waals surface area contributed by atoms with E-state index in [1.807, 2.05) is 25.1 Å². The molecule has 6 heteroatoms. The molecule has 0 spiro atoms. The molecule has 1 atom stereocenters. The summed E-state index contributed by atoms with van der Waals surface area (Å²) in [5.74, 6) is 0.920. The van der Waals surface area contributed by atoms with Gasteiger partial charge in [-0.05, 0) is 37.0 Å². The third-order valence-electron chi connectivity index (χ3n) is 3.82. The average Bonchev–Trinajstić information content (AvgIpc) is 3.04. The van der Waals surface area contributed by atoms with Crippen LogP contribution in [0.2, 0.25) is 0 Å². The van der Waals surface area contributed by atoms with Crippen molar-refractivity contribution in [2.75, 3.05) is 13.1 Å². The van der Waals surface area contributed by atoms with Crippen LogP contribution in [0, 0.1) is 0 Å². The quantitative estimate of drug-likeness (QED) is 0.914. The lowest BCUT2D eigenvalue weighted by Gasteiger charge is -2.16. The second-order valence-electron chi connectivity index (χ2n) is 5.51. The maximum absolute atomic E-state index is 12.1. The molecular formula is C14H20N2O3S. The molecular weight excluding hydrogens is 276 g/mol. The van der Waals surface area contributed by atoms with Crippen molar-refractivity contribution in [2.45, 2.75) is 38.8 Å². The summed E-state index contributed by atoms with van der Waals surface area (Å²) in [6.45, 7) is 3.63. The van der Waals surface area contributed by atoms with Gasteiger partial charge in [0.25, 0.3) is 10.2 Å². The number of nitrogens with zero attached hydrogens (tertiary/aromatic N) is 1. The molecule has 2 aliphatic heterocycles. The Balaban J connectivity index is 1.66. The molecule has 0 amide bonds. The number of fused-ring (bicyclic) bond motifs is 1. The standard InChI is InChI=1S/C14H20N2O3S/c1-11-8-13-9-12(4-5-14(13)19-11)10-15-20(17,18)16-6-2-3-7-16/h4-5,9,11,15H,2-3,6-8,10H2,1H3/t11-/m1/s1. The monoisotopic (exact) mass is 296 g/mol. The molecule has 1 aromatic rings. The number of hydrogen-bond donors (Lipinski definition) is 1. The van der Waals surface area contributed by atoms with Crippen molar-refractivity contribution in [1.29, 1.82) is 0 Å². The van der Waals surface area contributed by atoms with Crippen molar-refractivity contribution in [3.05, 3.63) is 29.3 Å². The van der Waals surface area contributed by atoms with Crippen molar-refractivity contribution < 1.29 is 13.2 Å². The lowest BCUT2D eigenvalue weighted by Crippen LogP contribution is -2.38. The van der Waals surface area contributed by atoms with Crippen LogP contribution in [0.25, 0.3) is 0 Å². The highest BCUT2D eigenvalue weighted by molar-refractivity contribution is 7.87. The first-order valence-electron chi connectivity index (χ1n) is 7.08. The number of rotatable bonds is 4. The highest BCUT2D eigenvalue weighted by atomic mass is 32.2. The fourth-order valence-corrected chi connectivity index (χ4v) is 4.05. The van der Waals surface area contributed by atoms with Crippen LogP contribution in [0.4, 0.5) is 0 Å². The zero-order valence-corrected chi connectivity index (χ0v) is 12.4. The molecule has 1 fully saturated rings. The predicted molar refractivity (Wildman–Crippen MR) is 76.8 cm³/mol. The van der Waals surface area contributed by atoms with E-state index in [0.717, 1.165) is 36.1 Å². The highest BCUT2D eigenvalue weighted by Gasteiger charge is 2.25. The number of nitrogens with one attached hydrogen (secondary N) is 1. The van der Waals surface area contributed by atoms with E-state index in [2.05, 4.69) is 4.72 Å². The summed E-state index contributed by atoms with van der Waals surface area (Å²) < 4.78 is 34.0. The molecule has 20 heavy (non-hydrogen) atoms. The Morgan fingerprint density at radius 1 is 1.35 bits per heavy atom. The zero-order chi connectivity index (χ0) is 14.2. The van der Waals surface area contributed by atoms with Crippen LogP contribution in [0.1, 0.15) is 30.9 Å². The minimum Gasteiger partial charge on any atom is -0.490 e. The summed E-state index contributed by atoms with van der Waals surface area (Å²) >= 11 is 0. The van der Waals surface area contributed by atoms with E-state index < -0.39 is 10.2 Å². The normalized spacial score (nSPS) is 22.8. The molecule has 0 radical (unpaired) electrons. The number of hydrogen-bond acceptors (Lipinski definition) is 3. The Hall–Kier alpha value is -1.11. The van der Waals surface area contributed by atoms with Crippen LogP contribution in [0.5, 0.6) is 5.75 Å². The first-order valence-corrected chi connectivity index (χ1v) is 8.52. The van der Waals surface area contributed by atoms with Gasteiger partial charge in [-0.15, -0.1) is 0 Å². The Morgan fingerprint density at radius 3 is 2.85 bits per heavy atom. The Labute approximate surface area is 120 Å². The summed E-state index contributed by atoms with van der Waals surface area (Å²) in [5.41, 5.74) is 2.14. The molecule has 5 nitrogen and oxygen atoms in total. The van der Waals surface area contributed by atoms with Gasteiger partial charge < -0.3 is 4.74 Å². The van der Waals surface area contributed by atoms with Crippen LogP contribution < -0.4 is 9.46 Å². The third kappa shape index (κ3) is 2.82. The van der Waals surface area contributed by atoms with Crippen LogP contribution in [-0.2, 0) is 23.2 Å². The molecule has 1 saturated heterocycles. The third-order valence-corrected chi connectivity index (χ3v) is 5.38. The first kappa shape index (κ1) is 13.9. The van der Waals surface area contributed by atoms with Gasteiger partial charge in [-0.3, -0.25) is 0 Å². The van der Waals surface area contributed by atoms with Gasteiger partial charge in [0.1, 0.15) is 11.9 Å². The van der Waals surface area contributed by atoms with Crippen molar-refractivity contribution >= 4 is 10.2 Å². The second-order valence-corrected chi connectivity index (χ2v) is 7.26. The summed E-state index contributed by atoms with van der Waals surface area (Å²) in [4.78, 5) is 0. The van der Waals surface area contributed by atoms with E-state index >= 15 is 0 Å². The molecule has 110 valence electrons. The maximum atomic E-state index is 12.1. The van der Waals surface area contributed by atoms with Crippen LogP contribution in [-0.4, -0.2) is 31.9 Å². The molecule has 1 aromatic carbocycles. The van der Waals surface area contributed by atoms with Crippen molar-refractivity contribution in [3.8, 4) is 5.75 Å². The fourth-order valence-electron chi connectivity index (χ4n) is 2.78. The van der Waals surface area contributed by atoms with Gasteiger partial charge >= 0.3 is 0 Å². The van der Waals surface area contributed by atoms with Gasteiger partial charge in [0, 0.05) is 26.1 Å². The highest BCUT2D eigenvalue weighted by Crippen LogP contribution is 2.29. The average molecular weight is 296 g/mol. The van der Waals surface area contributed by atoms with Crippen LogP contribution in [0.15, 0.2) is 18.2 Å². The van der Waals surface area contributed by atoms with Gasteiger partial charge in [-0.1, -0.05) is 12.1 Å². The summed E-state index contributed by atoms with van der Waals surface area (Å²) in [6, 6.07) is 5.88. The minimum atomic E-state index is -3.33. The van der Waals surface area contributed by atoms with Crippen molar-refractivity contribution in [1.82, 2.24) is 9.03 Å². The van der Waals surface area contributed by atoms with Gasteiger partial charge in [-0.2, -0.15) is 17.4 Å². The first-order chi connectivity index (χ1) is 9.54. The van der Waals surface area contributed by atoms with E-state index in [4.69, 9.17) is 4.74 Å². The molecule has 3 rings (SSSR count). The molecule has 2 heterocycles. The Morgan fingerprint density at radius 2 is 2.10 bits per heavy atom. The van der Waals surface area contributed by atoms with Crippen LogP contribution in [0.3, 0.4) is 0 Å². The van der Waals surface area contributed by atoms with Gasteiger partial charge in [0.05, 0.1) is 0 Å². The summed E-state index contributed by atoms with van der Waals surface area (Å²) in [5, 5.41) is 0. The number of ether oxygens (including phenoxy) is 1. The molecule has 0 aliphatic carbocycles. The Bertz CT molecular complexity index is 594. The molecule has 0 aromatic heterocycles. The van der Waals surface area contributed by atoms with Gasteiger partial charge in [0.15, 0.2) is 0 Å². The van der Waals surface area contributed by atoms with Gasteiger partial charge in [-0.25, -0.2) is 0 Å². The van der Waals surface area contributed by atoms with Gasteiger partial charge in [0.2, 0.25) is 0 Å². The fraction of sp³-hybridized carbons (Fsp3) is 0.571. The summed E-state index contributed by atoms with van der Waals surface area (Å²) in [7, 11) is -3.33. The van der Waals surface area contributed by atoms with E-state index in [1.54, 1.807) is 0 Å². The molecule has 1 N–H and O–H groups in total. The van der Waals surface area contributed by atoms with Crippen molar-refractivity contribution in [3.63, 3.8) is 0 Å². The maximum Gasteiger partial charge on any atom is 0.279 e. The predicted octanol–water partition coefficient (Wildman–Crippen LogP) is 1.44. The lowest BCUT2D eigenvalue weighted by molar-refractivity contribution is 0.254.